The molecule has 0 aromatic heterocycles. The van der Waals surface area contributed by atoms with Crippen LogP contribution in [-0.4, -0.2) is 0 Å². The molecule has 1 aliphatic heterocycles. The third-order valence-electron chi connectivity index (χ3n) is 4.66. The first kappa shape index (κ1) is 14.1. The van der Waals surface area contributed by atoms with Gasteiger partial charge in [0, 0.05) is 5.92 Å². The number of para-hydroxylation sites is 1. The first-order valence-electron chi connectivity index (χ1n) is 7.32. The quantitative estimate of drug-likeness (QED) is 0.635. The predicted octanol–water partition coefficient (Wildman–Crippen LogP) is 5.96. The van der Waals surface area contributed by atoms with Crippen molar-refractivity contribution in [1.82, 2.24) is 0 Å². The second-order valence-electron chi connectivity index (χ2n) is 5.82. The number of benzene rings is 2. The molecule has 4 rings (SSSR count). The molecular formula is C18H14Cl2FN. The maximum Gasteiger partial charge on any atom is 0.146 e. The molecule has 1 heterocycles. The number of nitrogens with one attached hydrogen (secondary N) is 1. The minimum Gasteiger partial charge on any atom is -0.375 e. The van der Waals surface area contributed by atoms with E-state index in [0.29, 0.717) is 21.7 Å². The summed E-state index contributed by atoms with van der Waals surface area (Å²) in [4.78, 5) is 0. The zero-order valence-corrected chi connectivity index (χ0v) is 13.2. The SMILES string of the molecule is Fc1cccc2c1N[C@@H](c1cccc(Cl)c1Cl)[C@H]1CC=C[C@@H]21. The average molecular weight is 334 g/mol. The average Bonchev–Trinajstić information content (AvgIpc) is 3.00. The fourth-order valence-corrected chi connectivity index (χ4v) is 4.08. The molecule has 0 saturated heterocycles. The molecule has 2 aliphatic rings. The van der Waals surface area contributed by atoms with Gasteiger partial charge in [-0.05, 0) is 35.6 Å². The normalized spacial score (nSPS) is 25.5. The predicted molar refractivity (Wildman–Crippen MR) is 89.2 cm³/mol. The van der Waals surface area contributed by atoms with Gasteiger partial charge < -0.3 is 5.32 Å². The Hall–Kier alpha value is -1.51. The van der Waals surface area contributed by atoms with Gasteiger partial charge in [-0.15, -0.1) is 0 Å². The Morgan fingerprint density at radius 1 is 1.05 bits per heavy atom. The summed E-state index contributed by atoms with van der Waals surface area (Å²) in [6.07, 6.45) is 5.29. The lowest BCUT2D eigenvalue weighted by atomic mass is 9.77. The number of allylic oxidation sites excluding steroid dienone is 2. The fourth-order valence-electron chi connectivity index (χ4n) is 3.65. The van der Waals surface area contributed by atoms with Crippen molar-refractivity contribution in [3.63, 3.8) is 0 Å². The van der Waals surface area contributed by atoms with Gasteiger partial charge in [0.25, 0.3) is 0 Å². The molecule has 3 atom stereocenters. The van der Waals surface area contributed by atoms with Gasteiger partial charge in [-0.2, -0.15) is 0 Å². The number of hydrogen-bond donors (Lipinski definition) is 1. The van der Waals surface area contributed by atoms with Gasteiger partial charge in [-0.1, -0.05) is 59.6 Å². The van der Waals surface area contributed by atoms with Crippen LogP contribution in [0.25, 0.3) is 0 Å². The Labute approximate surface area is 138 Å². The van der Waals surface area contributed by atoms with Crippen LogP contribution in [0.4, 0.5) is 10.1 Å². The van der Waals surface area contributed by atoms with E-state index in [1.807, 2.05) is 18.2 Å². The molecule has 1 N–H and O–H groups in total. The summed E-state index contributed by atoms with van der Waals surface area (Å²) in [5.41, 5.74) is 2.53. The van der Waals surface area contributed by atoms with E-state index in [1.54, 1.807) is 12.1 Å². The van der Waals surface area contributed by atoms with E-state index in [2.05, 4.69) is 17.5 Å². The minimum atomic E-state index is -0.223. The van der Waals surface area contributed by atoms with Crippen LogP contribution < -0.4 is 5.32 Å². The molecule has 0 fully saturated rings. The summed E-state index contributed by atoms with van der Waals surface area (Å²) < 4.78 is 14.3. The van der Waals surface area contributed by atoms with Gasteiger partial charge in [-0.25, -0.2) is 4.39 Å². The van der Waals surface area contributed by atoms with Crippen molar-refractivity contribution in [1.29, 1.82) is 0 Å². The zero-order chi connectivity index (χ0) is 15.3. The summed E-state index contributed by atoms with van der Waals surface area (Å²) in [7, 11) is 0. The van der Waals surface area contributed by atoms with E-state index in [4.69, 9.17) is 23.2 Å². The lowest BCUT2D eigenvalue weighted by Crippen LogP contribution is -2.29. The van der Waals surface area contributed by atoms with Crippen molar-refractivity contribution >= 4 is 28.9 Å². The number of hydrogen-bond acceptors (Lipinski definition) is 1. The largest absolute Gasteiger partial charge is 0.375 e. The molecule has 2 aromatic rings. The maximum absolute atomic E-state index is 14.3. The highest BCUT2D eigenvalue weighted by Crippen LogP contribution is 2.51. The van der Waals surface area contributed by atoms with Crippen LogP contribution in [0, 0.1) is 11.7 Å². The second kappa shape index (κ2) is 5.29. The third kappa shape index (κ3) is 2.05. The van der Waals surface area contributed by atoms with E-state index in [1.165, 1.54) is 6.07 Å². The van der Waals surface area contributed by atoms with Crippen molar-refractivity contribution in [2.45, 2.75) is 18.4 Å². The van der Waals surface area contributed by atoms with Crippen LogP contribution in [0.5, 0.6) is 0 Å². The highest BCUT2D eigenvalue weighted by molar-refractivity contribution is 6.42. The fraction of sp³-hybridized carbons (Fsp3) is 0.222. The van der Waals surface area contributed by atoms with Gasteiger partial charge in [0.2, 0.25) is 0 Å². The molecule has 0 spiro atoms. The van der Waals surface area contributed by atoms with Crippen LogP contribution in [0.15, 0.2) is 48.6 Å². The summed E-state index contributed by atoms with van der Waals surface area (Å²) in [6, 6.07) is 10.8. The Balaban J connectivity index is 1.86. The molecule has 2 aromatic carbocycles. The third-order valence-corrected chi connectivity index (χ3v) is 5.50. The molecule has 1 nitrogen and oxygen atoms in total. The summed E-state index contributed by atoms with van der Waals surface area (Å²) in [6.45, 7) is 0. The molecular weight excluding hydrogens is 320 g/mol. The molecule has 1 aliphatic carbocycles. The standard InChI is InChI=1S/C18H14Cl2FN/c19-14-8-2-7-13(16(14)20)17-11-5-1-4-10(11)12-6-3-9-15(21)18(12)22-17/h1-4,6-11,17,22H,5H2/t10-,11+,17-/m1/s1. The number of anilines is 1. The smallest absolute Gasteiger partial charge is 0.146 e. The number of fused-ring (bicyclic) bond motifs is 3. The maximum atomic E-state index is 14.3. The van der Waals surface area contributed by atoms with Crippen molar-refractivity contribution in [3.8, 4) is 0 Å². The first-order chi connectivity index (χ1) is 10.7. The Kier molecular flexibility index (Phi) is 3.39. The van der Waals surface area contributed by atoms with Gasteiger partial charge in [-0.3, -0.25) is 0 Å². The lowest BCUT2D eigenvalue weighted by Gasteiger charge is -2.38. The van der Waals surface area contributed by atoms with E-state index < -0.39 is 0 Å². The van der Waals surface area contributed by atoms with Gasteiger partial charge in [0.15, 0.2) is 0 Å². The van der Waals surface area contributed by atoms with Crippen molar-refractivity contribution in [3.05, 3.63) is 75.5 Å². The Morgan fingerprint density at radius 2 is 1.82 bits per heavy atom. The molecule has 0 bridgehead atoms. The van der Waals surface area contributed by atoms with E-state index in [9.17, 15) is 4.39 Å². The molecule has 0 amide bonds. The summed E-state index contributed by atoms with van der Waals surface area (Å²) in [5, 5.41) is 4.44. The van der Waals surface area contributed by atoms with Crippen LogP contribution >= 0.6 is 23.2 Å². The summed E-state index contributed by atoms with van der Waals surface area (Å²) in [5.74, 6) is 0.316. The molecule has 112 valence electrons. The number of halogens is 3. The highest BCUT2D eigenvalue weighted by atomic mass is 35.5. The van der Waals surface area contributed by atoms with E-state index >= 15 is 0 Å². The molecule has 4 heteroatoms. The van der Waals surface area contributed by atoms with Crippen LogP contribution in [0.2, 0.25) is 10.0 Å². The highest BCUT2D eigenvalue weighted by Gasteiger charge is 2.39. The number of rotatable bonds is 1. The monoisotopic (exact) mass is 333 g/mol. The van der Waals surface area contributed by atoms with Gasteiger partial charge in [0.1, 0.15) is 5.82 Å². The van der Waals surface area contributed by atoms with Crippen molar-refractivity contribution in [2.75, 3.05) is 5.32 Å². The molecule has 0 radical (unpaired) electrons. The summed E-state index contributed by atoms with van der Waals surface area (Å²) >= 11 is 12.6. The minimum absolute atomic E-state index is 0.0457. The van der Waals surface area contributed by atoms with E-state index in [-0.39, 0.29) is 17.8 Å². The van der Waals surface area contributed by atoms with Gasteiger partial charge >= 0.3 is 0 Å². The second-order valence-corrected chi connectivity index (χ2v) is 6.61. The van der Waals surface area contributed by atoms with Crippen molar-refractivity contribution < 1.29 is 4.39 Å². The Bertz CT molecular complexity index is 772. The molecule has 0 saturated carbocycles. The van der Waals surface area contributed by atoms with Crippen molar-refractivity contribution in [2.24, 2.45) is 5.92 Å². The topological polar surface area (TPSA) is 12.0 Å². The van der Waals surface area contributed by atoms with Gasteiger partial charge in [0.05, 0.1) is 21.8 Å². The lowest BCUT2D eigenvalue weighted by molar-refractivity contribution is 0.421. The Morgan fingerprint density at radius 3 is 2.68 bits per heavy atom. The van der Waals surface area contributed by atoms with Crippen LogP contribution in [-0.2, 0) is 0 Å². The van der Waals surface area contributed by atoms with Crippen LogP contribution in [0.1, 0.15) is 29.5 Å². The zero-order valence-electron chi connectivity index (χ0n) is 11.7. The van der Waals surface area contributed by atoms with Crippen LogP contribution in [0.3, 0.4) is 0 Å². The molecule has 0 unspecified atom stereocenters. The van der Waals surface area contributed by atoms with E-state index in [0.717, 1.165) is 17.5 Å². The molecule has 22 heavy (non-hydrogen) atoms. The first-order valence-corrected chi connectivity index (χ1v) is 8.08.